The number of esters is 1. The van der Waals surface area contributed by atoms with E-state index in [4.69, 9.17) is 4.74 Å². The zero-order chi connectivity index (χ0) is 28.4. The molecule has 10 nitrogen and oxygen atoms in total. The highest BCUT2D eigenvalue weighted by molar-refractivity contribution is 7.91. The van der Waals surface area contributed by atoms with Crippen LogP contribution in [0.5, 0.6) is 0 Å². The number of hydrogen-bond donors (Lipinski definition) is 1. The molecule has 2 aromatic carbocycles. The number of thiophene rings is 1. The predicted molar refractivity (Wildman–Crippen MR) is 151 cm³/mol. The molecule has 0 saturated heterocycles. The first-order valence-electron chi connectivity index (χ1n) is 12.6. The van der Waals surface area contributed by atoms with E-state index in [0.717, 1.165) is 22.5 Å². The fourth-order valence-corrected chi connectivity index (χ4v) is 7.63. The van der Waals surface area contributed by atoms with Gasteiger partial charge in [-0.25, -0.2) is 13.1 Å². The highest BCUT2D eigenvalue weighted by Gasteiger charge is 2.38. The zero-order valence-corrected chi connectivity index (χ0v) is 23.6. The van der Waals surface area contributed by atoms with Gasteiger partial charge in [-0.05, 0) is 48.1 Å². The Balaban J connectivity index is 1.30. The summed E-state index contributed by atoms with van der Waals surface area (Å²) in [5.41, 5.74) is 2.53. The van der Waals surface area contributed by atoms with E-state index in [-0.39, 0.29) is 22.9 Å². The van der Waals surface area contributed by atoms with Gasteiger partial charge in [0.25, 0.3) is 21.5 Å². The van der Waals surface area contributed by atoms with Crippen LogP contribution in [0.25, 0.3) is 5.69 Å². The van der Waals surface area contributed by atoms with Crippen molar-refractivity contribution >= 4 is 38.9 Å². The van der Waals surface area contributed by atoms with Gasteiger partial charge in [0.15, 0.2) is 6.61 Å². The van der Waals surface area contributed by atoms with Gasteiger partial charge in [0, 0.05) is 13.6 Å². The Hall–Kier alpha value is -4.00. The highest BCUT2D eigenvalue weighted by atomic mass is 32.2. The molecule has 0 unspecified atom stereocenters. The van der Waals surface area contributed by atoms with Gasteiger partial charge in [0.2, 0.25) is 0 Å². The molecule has 1 N–H and O–H groups in total. The number of para-hydroxylation sites is 1. The zero-order valence-electron chi connectivity index (χ0n) is 21.9. The maximum atomic E-state index is 13.4. The standard InChI is InChI=1S/C28H28N4O6S2/c1-19-27(28(35)32(30(19)2)21-10-4-3-5-11-21)29-24(33)18-38-25(34)17-23-22-12-7-6-9-20(22)14-15-31(23)40(36,37)26-13-8-16-39-26/h3-13,16,23H,14-15,17-18H2,1-2H3,(H,29,33)/t23-/m1/s1. The van der Waals surface area contributed by atoms with Crippen molar-refractivity contribution in [2.75, 3.05) is 18.5 Å². The molecule has 1 aliphatic rings. The number of amides is 1. The number of ether oxygens (including phenoxy) is 1. The average Bonchev–Trinajstić information content (AvgIpc) is 3.57. The molecular formula is C28H28N4O6S2. The Labute approximate surface area is 235 Å². The lowest BCUT2D eigenvalue weighted by molar-refractivity contribution is -0.148. The molecule has 0 fully saturated rings. The van der Waals surface area contributed by atoms with E-state index in [9.17, 15) is 22.8 Å². The third kappa shape index (κ3) is 5.25. The molecule has 40 heavy (non-hydrogen) atoms. The number of aromatic nitrogens is 2. The van der Waals surface area contributed by atoms with Gasteiger partial charge < -0.3 is 10.1 Å². The average molecular weight is 581 g/mol. The van der Waals surface area contributed by atoms with E-state index in [1.807, 2.05) is 24.3 Å². The van der Waals surface area contributed by atoms with Crippen molar-refractivity contribution in [3.8, 4) is 5.69 Å². The smallest absolute Gasteiger partial charge is 0.308 e. The minimum Gasteiger partial charge on any atom is -0.456 e. The first-order valence-corrected chi connectivity index (χ1v) is 14.9. The summed E-state index contributed by atoms with van der Waals surface area (Å²) in [5, 5.41) is 4.25. The van der Waals surface area contributed by atoms with Gasteiger partial charge in [-0.1, -0.05) is 48.5 Å². The van der Waals surface area contributed by atoms with Crippen LogP contribution in [0.4, 0.5) is 5.69 Å². The minimum atomic E-state index is -3.84. The van der Waals surface area contributed by atoms with E-state index in [2.05, 4.69) is 5.32 Å². The summed E-state index contributed by atoms with van der Waals surface area (Å²) in [6.07, 6.45) is 0.256. The molecule has 1 atom stereocenters. The largest absolute Gasteiger partial charge is 0.456 e. The van der Waals surface area contributed by atoms with Gasteiger partial charge in [-0.3, -0.25) is 19.1 Å². The summed E-state index contributed by atoms with van der Waals surface area (Å²) in [6, 6.07) is 18.8. The molecule has 1 aliphatic heterocycles. The van der Waals surface area contributed by atoms with Crippen molar-refractivity contribution in [2.24, 2.45) is 7.05 Å². The van der Waals surface area contributed by atoms with Crippen LogP contribution < -0.4 is 10.9 Å². The summed E-state index contributed by atoms with van der Waals surface area (Å²) < 4.78 is 36.7. The lowest BCUT2D eigenvalue weighted by Crippen LogP contribution is -2.41. The maximum absolute atomic E-state index is 13.4. The van der Waals surface area contributed by atoms with Crippen molar-refractivity contribution in [2.45, 2.75) is 30.0 Å². The molecule has 0 spiro atoms. The Kier molecular flexibility index (Phi) is 7.74. The number of benzene rings is 2. The van der Waals surface area contributed by atoms with E-state index < -0.39 is 40.1 Å². The molecule has 0 bridgehead atoms. The topological polar surface area (TPSA) is 120 Å². The molecule has 12 heteroatoms. The molecule has 4 aromatic rings. The molecule has 0 aliphatic carbocycles. The van der Waals surface area contributed by atoms with Crippen LogP contribution in [-0.2, 0) is 37.8 Å². The van der Waals surface area contributed by atoms with Crippen molar-refractivity contribution in [3.63, 3.8) is 0 Å². The number of carbonyl (C=O) groups excluding carboxylic acids is 2. The maximum Gasteiger partial charge on any atom is 0.308 e. The number of rotatable bonds is 8. The number of hydrogen-bond acceptors (Lipinski definition) is 7. The molecular weight excluding hydrogens is 552 g/mol. The predicted octanol–water partition coefficient (Wildman–Crippen LogP) is 3.41. The van der Waals surface area contributed by atoms with Gasteiger partial charge in [-0.15, -0.1) is 11.3 Å². The van der Waals surface area contributed by atoms with Crippen LogP contribution >= 0.6 is 11.3 Å². The van der Waals surface area contributed by atoms with Crippen LogP contribution in [0, 0.1) is 6.92 Å². The van der Waals surface area contributed by atoms with E-state index in [0.29, 0.717) is 17.8 Å². The summed E-state index contributed by atoms with van der Waals surface area (Å²) in [5.74, 6) is -1.40. The number of nitrogens with one attached hydrogen (secondary N) is 1. The summed E-state index contributed by atoms with van der Waals surface area (Å²) in [4.78, 5) is 38.7. The van der Waals surface area contributed by atoms with Crippen LogP contribution in [0.15, 0.2) is 81.1 Å². The van der Waals surface area contributed by atoms with E-state index in [1.165, 1.54) is 15.1 Å². The number of fused-ring (bicyclic) bond motifs is 1. The first-order chi connectivity index (χ1) is 19.2. The second-order valence-electron chi connectivity index (χ2n) is 9.36. The number of nitrogens with zero attached hydrogens (tertiary/aromatic N) is 3. The van der Waals surface area contributed by atoms with Crippen LogP contribution in [0.1, 0.15) is 29.3 Å². The molecule has 0 radical (unpaired) electrons. The Morgan fingerprint density at radius 2 is 1.77 bits per heavy atom. The van der Waals surface area contributed by atoms with Crippen LogP contribution in [0.2, 0.25) is 0 Å². The quantitative estimate of drug-likeness (QED) is 0.319. The second kappa shape index (κ2) is 11.2. The minimum absolute atomic E-state index is 0.0850. The Bertz CT molecular complexity index is 1710. The molecule has 2 aromatic heterocycles. The SMILES string of the molecule is Cc1c(NC(=O)COC(=O)C[C@@H]2c3ccccc3CCN2S(=O)(=O)c2cccs2)c(=O)n(-c2ccccc2)n1C. The van der Waals surface area contributed by atoms with Crippen molar-refractivity contribution in [1.29, 1.82) is 0 Å². The first kappa shape index (κ1) is 27.6. The van der Waals surface area contributed by atoms with Crippen molar-refractivity contribution in [1.82, 2.24) is 13.7 Å². The molecule has 3 heterocycles. The van der Waals surface area contributed by atoms with E-state index >= 15 is 0 Å². The van der Waals surface area contributed by atoms with Crippen molar-refractivity contribution in [3.05, 3.63) is 99.3 Å². The fraction of sp³-hybridized carbons (Fsp3) is 0.250. The van der Waals surface area contributed by atoms with Crippen LogP contribution in [-0.4, -0.2) is 47.1 Å². The molecule has 0 saturated carbocycles. The van der Waals surface area contributed by atoms with Gasteiger partial charge >= 0.3 is 5.97 Å². The van der Waals surface area contributed by atoms with Gasteiger partial charge in [0.1, 0.15) is 9.90 Å². The molecule has 1 amide bonds. The monoisotopic (exact) mass is 580 g/mol. The van der Waals surface area contributed by atoms with Gasteiger partial charge in [0.05, 0.1) is 23.8 Å². The third-order valence-electron chi connectivity index (χ3n) is 6.96. The van der Waals surface area contributed by atoms with Gasteiger partial charge in [-0.2, -0.15) is 4.31 Å². The lowest BCUT2D eigenvalue weighted by atomic mass is 9.92. The van der Waals surface area contributed by atoms with Crippen LogP contribution in [0.3, 0.4) is 0 Å². The van der Waals surface area contributed by atoms with E-state index in [1.54, 1.807) is 60.4 Å². The molecule has 5 rings (SSSR count). The second-order valence-corrected chi connectivity index (χ2v) is 12.4. The number of sulfonamides is 1. The number of carbonyl (C=O) groups is 2. The third-order valence-corrected chi connectivity index (χ3v) is 10.2. The Morgan fingerprint density at radius 1 is 1.05 bits per heavy atom. The number of anilines is 1. The summed E-state index contributed by atoms with van der Waals surface area (Å²) in [7, 11) is -2.13. The molecule has 208 valence electrons. The van der Waals surface area contributed by atoms with Crippen molar-refractivity contribution < 1.29 is 22.7 Å². The summed E-state index contributed by atoms with van der Waals surface area (Å²) in [6.45, 7) is 1.30. The normalized spacial score (nSPS) is 15.4. The lowest BCUT2D eigenvalue weighted by Gasteiger charge is -2.35. The Morgan fingerprint density at radius 3 is 2.50 bits per heavy atom. The fourth-order valence-electron chi connectivity index (χ4n) is 4.90. The summed E-state index contributed by atoms with van der Waals surface area (Å²) >= 11 is 1.12. The highest BCUT2D eigenvalue weighted by Crippen LogP contribution is 2.37.